The van der Waals surface area contributed by atoms with Crippen molar-refractivity contribution >= 4 is 17.7 Å². The van der Waals surface area contributed by atoms with E-state index in [0.717, 1.165) is 0 Å². The zero-order chi connectivity index (χ0) is 10.5. The molecule has 0 aliphatic rings. The number of aliphatic hydroxyl groups is 1. The molecule has 0 aromatic heterocycles. The molecule has 0 amide bonds. The molecule has 0 bridgehead atoms. The average Bonchev–Trinajstić information content (AvgIpc) is 2.12. The summed E-state index contributed by atoms with van der Waals surface area (Å²) in [6.07, 6.45) is 1.55. The van der Waals surface area contributed by atoms with Crippen molar-refractivity contribution in [3.8, 4) is 0 Å². The van der Waals surface area contributed by atoms with Crippen LogP contribution in [0.2, 0.25) is 0 Å². The largest absolute Gasteiger partial charge is 0.480 e. The number of hydrogen-bond acceptors (Lipinski definition) is 4. The fourth-order valence-corrected chi connectivity index (χ4v) is 1.59. The summed E-state index contributed by atoms with van der Waals surface area (Å²) in [7, 11) is 0. The van der Waals surface area contributed by atoms with Crippen LogP contribution in [0.3, 0.4) is 0 Å². The Morgan fingerprint density at radius 3 is 2.54 bits per heavy atom. The van der Waals surface area contributed by atoms with Gasteiger partial charge < -0.3 is 15.9 Å². The van der Waals surface area contributed by atoms with Gasteiger partial charge in [0.2, 0.25) is 0 Å². The number of hydrogen-bond donors (Lipinski definition) is 3. The Balaban J connectivity index is 4.42. The van der Waals surface area contributed by atoms with Crippen LogP contribution in [-0.4, -0.2) is 39.8 Å². The molecule has 0 fully saturated rings. The summed E-state index contributed by atoms with van der Waals surface area (Å²) in [4.78, 5) is 10.8. The highest BCUT2D eigenvalue weighted by Gasteiger charge is 2.39. The van der Waals surface area contributed by atoms with E-state index in [0.29, 0.717) is 18.6 Å². The van der Waals surface area contributed by atoms with Gasteiger partial charge in [0.05, 0.1) is 6.10 Å². The van der Waals surface area contributed by atoms with Crippen LogP contribution in [0.5, 0.6) is 0 Å². The SMILES string of the molecule is CCC(O)C(N)(CCSC)C(=O)O. The molecule has 5 heteroatoms. The Morgan fingerprint density at radius 1 is 1.69 bits per heavy atom. The smallest absolute Gasteiger partial charge is 0.326 e. The minimum atomic E-state index is -1.49. The second-order valence-electron chi connectivity index (χ2n) is 3.01. The first-order valence-corrected chi connectivity index (χ1v) is 5.57. The predicted octanol–water partition coefficient (Wildman–Crippen LogP) is 0.292. The van der Waals surface area contributed by atoms with Crippen LogP contribution in [0.4, 0.5) is 0 Å². The molecule has 0 saturated carbocycles. The third kappa shape index (κ3) is 3.17. The average molecular weight is 207 g/mol. The topological polar surface area (TPSA) is 83.5 Å². The molecule has 2 atom stereocenters. The van der Waals surface area contributed by atoms with Crippen molar-refractivity contribution in [2.75, 3.05) is 12.0 Å². The molecule has 0 spiro atoms. The number of carbonyl (C=O) groups is 1. The maximum absolute atomic E-state index is 10.8. The minimum Gasteiger partial charge on any atom is -0.480 e. The molecule has 0 aliphatic heterocycles. The molecule has 0 aromatic carbocycles. The van der Waals surface area contributed by atoms with Crippen LogP contribution >= 0.6 is 11.8 Å². The quantitative estimate of drug-likeness (QED) is 0.583. The van der Waals surface area contributed by atoms with Crippen molar-refractivity contribution in [3.63, 3.8) is 0 Å². The fourth-order valence-electron chi connectivity index (χ4n) is 1.05. The third-order valence-electron chi connectivity index (χ3n) is 2.10. The normalized spacial score (nSPS) is 17.8. The number of carboxylic acids is 1. The summed E-state index contributed by atoms with van der Waals surface area (Å²) >= 11 is 1.52. The highest BCUT2D eigenvalue weighted by Crippen LogP contribution is 2.17. The maximum atomic E-state index is 10.8. The van der Waals surface area contributed by atoms with Gasteiger partial charge in [-0.15, -0.1) is 0 Å². The van der Waals surface area contributed by atoms with Crippen molar-refractivity contribution in [2.24, 2.45) is 5.73 Å². The molecule has 4 nitrogen and oxygen atoms in total. The van der Waals surface area contributed by atoms with Crippen LogP contribution in [0.15, 0.2) is 0 Å². The van der Waals surface area contributed by atoms with E-state index in [1.807, 2.05) is 6.26 Å². The molecular weight excluding hydrogens is 190 g/mol. The molecule has 78 valence electrons. The Labute approximate surface area is 82.5 Å². The van der Waals surface area contributed by atoms with Crippen LogP contribution in [0, 0.1) is 0 Å². The van der Waals surface area contributed by atoms with Gasteiger partial charge >= 0.3 is 5.97 Å². The van der Waals surface area contributed by atoms with Crippen molar-refractivity contribution in [1.82, 2.24) is 0 Å². The summed E-state index contributed by atoms with van der Waals surface area (Å²) in [5.41, 5.74) is 4.13. The second kappa shape index (κ2) is 5.47. The van der Waals surface area contributed by atoms with Crippen molar-refractivity contribution in [3.05, 3.63) is 0 Å². The Bertz CT molecular complexity index is 177. The lowest BCUT2D eigenvalue weighted by Gasteiger charge is -2.29. The number of thioether (sulfide) groups is 1. The zero-order valence-corrected chi connectivity index (χ0v) is 8.80. The third-order valence-corrected chi connectivity index (χ3v) is 2.71. The first-order valence-electron chi connectivity index (χ1n) is 4.18. The van der Waals surface area contributed by atoms with E-state index < -0.39 is 17.6 Å². The molecule has 0 saturated heterocycles. The monoisotopic (exact) mass is 207 g/mol. The molecule has 4 N–H and O–H groups in total. The lowest BCUT2D eigenvalue weighted by atomic mass is 9.89. The highest BCUT2D eigenvalue weighted by molar-refractivity contribution is 7.98. The van der Waals surface area contributed by atoms with Gasteiger partial charge in [-0.25, -0.2) is 0 Å². The van der Waals surface area contributed by atoms with E-state index in [-0.39, 0.29) is 0 Å². The highest BCUT2D eigenvalue weighted by atomic mass is 32.2. The summed E-state index contributed by atoms with van der Waals surface area (Å²) in [5.74, 6) is -0.490. The number of aliphatic hydroxyl groups excluding tert-OH is 1. The molecule has 0 aromatic rings. The first kappa shape index (κ1) is 12.7. The van der Waals surface area contributed by atoms with Gasteiger partial charge in [-0.1, -0.05) is 6.92 Å². The fraction of sp³-hybridized carbons (Fsp3) is 0.875. The molecule has 0 heterocycles. The van der Waals surface area contributed by atoms with Crippen molar-refractivity contribution < 1.29 is 15.0 Å². The number of rotatable bonds is 6. The van der Waals surface area contributed by atoms with Gasteiger partial charge in [-0.2, -0.15) is 11.8 Å². The summed E-state index contributed by atoms with van der Waals surface area (Å²) in [6, 6.07) is 0. The number of carboxylic acid groups (broad SMARTS) is 1. The van der Waals surface area contributed by atoms with Gasteiger partial charge in [-0.3, -0.25) is 4.79 Å². The first-order chi connectivity index (χ1) is 5.99. The van der Waals surface area contributed by atoms with Crippen LogP contribution in [0.25, 0.3) is 0 Å². The van der Waals surface area contributed by atoms with Crippen LogP contribution in [0.1, 0.15) is 19.8 Å². The van der Waals surface area contributed by atoms with Crippen LogP contribution in [-0.2, 0) is 4.79 Å². The van der Waals surface area contributed by atoms with E-state index in [1.165, 1.54) is 11.8 Å². The standard InChI is InChI=1S/C8H17NO3S/c1-3-6(10)8(9,7(11)12)4-5-13-2/h6,10H,3-5,9H2,1-2H3,(H,11,12). The molecule has 0 rings (SSSR count). The van der Waals surface area contributed by atoms with Crippen LogP contribution < -0.4 is 5.73 Å². The summed E-state index contributed by atoms with van der Waals surface area (Å²) in [5, 5.41) is 18.3. The summed E-state index contributed by atoms with van der Waals surface area (Å²) in [6.45, 7) is 1.72. The molecular formula is C8H17NO3S. The van der Waals surface area contributed by atoms with E-state index in [1.54, 1.807) is 6.92 Å². The van der Waals surface area contributed by atoms with Gasteiger partial charge in [0, 0.05) is 0 Å². The lowest BCUT2D eigenvalue weighted by Crippen LogP contribution is -2.57. The van der Waals surface area contributed by atoms with Crippen molar-refractivity contribution in [1.29, 1.82) is 0 Å². The van der Waals surface area contributed by atoms with Gasteiger partial charge in [-0.05, 0) is 24.9 Å². The molecule has 0 radical (unpaired) electrons. The zero-order valence-electron chi connectivity index (χ0n) is 7.99. The Morgan fingerprint density at radius 2 is 2.23 bits per heavy atom. The van der Waals surface area contributed by atoms with E-state index in [4.69, 9.17) is 10.8 Å². The molecule has 2 unspecified atom stereocenters. The Hall–Kier alpha value is -0.260. The second-order valence-corrected chi connectivity index (χ2v) is 4.00. The Kier molecular flexibility index (Phi) is 5.36. The molecule has 0 aliphatic carbocycles. The van der Waals surface area contributed by atoms with Gasteiger partial charge in [0.15, 0.2) is 0 Å². The van der Waals surface area contributed by atoms with Gasteiger partial charge in [0.1, 0.15) is 5.54 Å². The minimum absolute atomic E-state index is 0.290. The summed E-state index contributed by atoms with van der Waals surface area (Å²) < 4.78 is 0. The lowest BCUT2D eigenvalue weighted by molar-refractivity contribution is -0.148. The van der Waals surface area contributed by atoms with Crippen molar-refractivity contribution in [2.45, 2.75) is 31.4 Å². The molecule has 13 heavy (non-hydrogen) atoms. The maximum Gasteiger partial charge on any atom is 0.326 e. The number of aliphatic carboxylic acids is 1. The van der Waals surface area contributed by atoms with E-state index in [2.05, 4.69) is 0 Å². The van der Waals surface area contributed by atoms with E-state index >= 15 is 0 Å². The number of nitrogens with two attached hydrogens (primary N) is 1. The van der Waals surface area contributed by atoms with E-state index in [9.17, 15) is 9.90 Å². The predicted molar refractivity (Wildman–Crippen MR) is 53.9 cm³/mol. The van der Waals surface area contributed by atoms with Gasteiger partial charge in [0.25, 0.3) is 0 Å².